The minimum atomic E-state index is -0.744. The number of methoxy groups -OCH3 is 1. The first-order chi connectivity index (χ1) is 5.15. The number of rotatable bonds is 1. The zero-order chi connectivity index (χ0) is 8.43. The average Bonchev–Trinajstić information content (AvgIpc) is 1.97. The fourth-order valence-corrected chi connectivity index (χ4v) is 1.73. The monoisotopic (exact) mass is 160 g/mol. The first-order valence-electron chi connectivity index (χ1n) is 4.32. The predicted octanol–water partition coefficient (Wildman–Crippen LogP) is 2.41. The van der Waals surface area contributed by atoms with E-state index in [2.05, 4.69) is 13.8 Å². The molecule has 0 bridgehead atoms. The van der Waals surface area contributed by atoms with Gasteiger partial charge in [0.25, 0.3) is 0 Å². The molecule has 0 heterocycles. The van der Waals surface area contributed by atoms with Crippen LogP contribution in [0.1, 0.15) is 26.7 Å². The molecule has 0 radical (unpaired) electrons. The molecule has 0 amide bonds. The molecule has 66 valence electrons. The van der Waals surface area contributed by atoms with Gasteiger partial charge in [0.15, 0.2) is 0 Å². The summed E-state index contributed by atoms with van der Waals surface area (Å²) in [7, 11) is 1.60. The Bertz CT molecular complexity index is 127. The molecule has 4 atom stereocenters. The molecule has 0 aromatic rings. The van der Waals surface area contributed by atoms with Crippen molar-refractivity contribution in [2.75, 3.05) is 7.11 Å². The van der Waals surface area contributed by atoms with Crippen LogP contribution in [0.5, 0.6) is 0 Å². The molecule has 11 heavy (non-hydrogen) atoms. The molecule has 0 aliphatic heterocycles. The largest absolute Gasteiger partial charge is 0.378 e. The fraction of sp³-hybridized carbons (Fsp3) is 1.00. The minimum Gasteiger partial charge on any atom is -0.378 e. The lowest BCUT2D eigenvalue weighted by molar-refractivity contribution is -0.0256. The molecular weight excluding hydrogens is 143 g/mol. The standard InChI is InChI=1S/C9H17FO/c1-6-4-8(10)9(11-3)5-7(6)2/h6-9H,4-5H2,1-3H3/t6-,7+,8+,9-/m0/s1. The Kier molecular flexibility index (Phi) is 2.88. The number of halogens is 1. The summed E-state index contributed by atoms with van der Waals surface area (Å²) in [5, 5.41) is 0. The molecule has 1 aliphatic carbocycles. The average molecular weight is 160 g/mol. The maximum Gasteiger partial charge on any atom is 0.126 e. The molecule has 1 fully saturated rings. The van der Waals surface area contributed by atoms with Crippen molar-refractivity contribution in [1.82, 2.24) is 0 Å². The number of ether oxygens (including phenoxy) is 1. The molecule has 0 unspecified atom stereocenters. The van der Waals surface area contributed by atoms with Gasteiger partial charge in [0.1, 0.15) is 6.17 Å². The predicted molar refractivity (Wildman–Crippen MR) is 43.3 cm³/mol. The molecule has 0 aromatic heterocycles. The molecule has 1 nitrogen and oxygen atoms in total. The lowest BCUT2D eigenvalue weighted by Crippen LogP contribution is -2.35. The maximum atomic E-state index is 13.1. The lowest BCUT2D eigenvalue weighted by atomic mass is 9.79. The van der Waals surface area contributed by atoms with Crippen LogP contribution in [0.2, 0.25) is 0 Å². The highest BCUT2D eigenvalue weighted by atomic mass is 19.1. The van der Waals surface area contributed by atoms with E-state index in [1.165, 1.54) is 0 Å². The molecule has 0 N–H and O–H groups in total. The molecule has 1 aliphatic rings. The van der Waals surface area contributed by atoms with Crippen LogP contribution < -0.4 is 0 Å². The maximum absolute atomic E-state index is 13.1. The van der Waals surface area contributed by atoms with Gasteiger partial charge in [-0.05, 0) is 24.7 Å². The van der Waals surface area contributed by atoms with E-state index >= 15 is 0 Å². The zero-order valence-corrected chi connectivity index (χ0v) is 7.51. The van der Waals surface area contributed by atoms with Crippen molar-refractivity contribution in [3.05, 3.63) is 0 Å². The zero-order valence-electron chi connectivity index (χ0n) is 7.51. The Labute approximate surface area is 67.9 Å². The Hall–Kier alpha value is -0.110. The van der Waals surface area contributed by atoms with Crippen LogP contribution in [0.3, 0.4) is 0 Å². The quantitative estimate of drug-likeness (QED) is 0.572. The van der Waals surface area contributed by atoms with Crippen molar-refractivity contribution in [2.24, 2.45) is 11.8 Å². The van der Waals surface area contributed by atoms with Crippen LogP contribution in [0.25, 0.3) is 0 Å². The molecule has 0 saturated heterocycles. The van der Waals surface area contributed by atoms with E-state index in [0.29, 0.717) is 18.3 Å². The second-order valence-corrected chi connectivity index (χ2v) is 3.72. The van der Waals surface area contributed by atoms with Gasteiger partial charge < -0.3 is 4.74 Å². The van der Waals surface area contributed by atoms with Gasteiger partial charge in [0, 0.05) is 7.11 Å². The Morgan fingerprint density at radius 3 is 2.27 bits per heavy atom. The summed E-state index contributed by atoms with van der Waals surface area (Å²) >= 11 is 0. The Morgan fingerprint density at radius 1 is 1.18 bits per heavy atom. The molecule has 2 heteroatoms. The summed E-state index contributed by atoms with van der Waals surface area (Å²) in [5.74, 6) is 1.11. The first-order valence-corrected chi connectivity index (χ1v) is 4.32. The normalized spacial score (nSPS) is 45.8. The van der Waals surface area contributed by atoms with E-state index in [0.717, 1.165) is 6.42 Å². The number of hydrogen-bond donors (Lipinski definition) is 0. The Morgan fingerprint density at radius 2 is 1.73 bits per heavy atom. The SMILES string of the molecule is CO[C@H]1C[C@@H](C)[C@@H](C)C[C@H]1F. The number of hydrogen-bond acceptors (Lipinski definition) is 1. The topological polar surface area (TPSA) is 9.23 Å². The van der Waals surface area contributed by atoms with Crippen LogP contribution in [-0.4, -0.2) is 19.4 Å². The molecule has 1 saturated carbocycles. The molecule has 0 spiro atoms. The highest BCUT2D eigenvalue weighted by molar-refractivity contribution is 4.82. The summed E-state index contributed by atoms with van der Waals surface area (Å²) in [5.41, 5.74) is 0. The van der Waals surface area contributed by atoms with Crippen molar-refractivity contribution in [1.29, 1.82) is 0 Å². The summed E-state index contributed by atoms with van der Waals surface area (Å²) in [6.07, 6.45) is 0.644. The first kappa shape index (κ1) is 8.98. The van der Waals surface area contributed by atoms with Gasteiger partial charge >= 0.3 is 0 Å². The van der Waals surface area contributed by atoms with Crippen LogP contribution in [0.15, 0.2) is 0 Å². The summed E-state index contributed by atoms with van der Waals surface area (Å²) in [6, 6.07) is 0. The Balaban J connectivity index is 2.48. The van der Waals surface area contributed by atoms with Crippen molar-refractivity contribution in [3.63, 3.8) is 0 Å². The van der Waals surface area contributed by atoms with E-state index < -0.39 is 6.17 Å². The minimum absolute atomic E-state index is 0.152. The van der Waals surface area contributed by atoms with Crippen molar-refractivity contribution < 1.29 is 9.13 Å². The van der Waals surface area contributed by atoms with E-state index in [1.807, 2.05) is 0 Å². The smallest absolute Gasteiger partial charge is 0.126 e. The third-order valence-electron chi connectivity index (χ3n) is 2.88. The van der Waals surface area contributed by atoms with Crippen LogP contribution in [-0.2, 0) is 4.74 Å². The van der Waals surface area contributed by atoms with E-state index in [4.69, 9.17) is 4.74 Å². The van der Waals surface area contributed by atoms with E-state index in [9.17, 15) is 4.39 Å². The third kappa shape index (κ3) is 1.92. The van der Waals surface area contributed by atoms with Crippen LogP contribution in [0.4, 0.5) is 4.39 Å². The second-order valence-electron chi connectivity index (χ2n) is 3.72. The highest BCUT2D eigenvalue weighted by Crippen LogP contribution is 2.32. The molecule has 0 aromatic carbocycles. The molecular formula is C9H17FO. The second kappa shape index (κ2) is 3.53. The third-order valence-corrected chi connectivity index (χ3v) is 2.88. The van der Waals surface area contributed by atoms with Gasteiger partial charge in [-0.25, -0.2) is 4.39 Å². The van der Waals surface area contributed by atoms with Crippen molar-refractivity contribution in [2.45, 2.75) is 39.0 Å². The van der Waals surface area contributed by atoms with Gasteiger partial charge in [-0.15, -0.1) is 0 Å². The van der Waals surface area contributed by atoms with Crippen molar-refractivity contribution in [3.8, 4) is 0 Å². The fourth-order valence-electron chi connectivity index (χ4n) is 1.73. The van der Waals surface area contributed by atoms with Gasteiger partial charge in [0.2, 0.25) is 0 Å². The van der Waals surface area contributed by atoms with Crippen molar-refractivity contribution >= 4 is 0 Å². The van der Waals surface area contributed by atoms with Gasteiger partial charge in [0.05, 0.1) is 6.10 Å². The summed E-state index contributed by atoms with van der Waals surface area (Å²) in [6.45, 7) is 4.28. The van der Waals surface area contributed by atoms with Crippen LogP contribution in [0, 0.1) is 11.8 Å². The summed E-state index contributed by atoms with van der Waals surface area (Å²) in [4.78, 5) is 0. The molecule has 1 rings (SSSR count). The van der Waals surface area contributed by atoms with Gasteiger partial charge in [-0.1, -0.05) is 13.8 Å². The number of alkyl halides is 1. The van der Waals surface area contributed by atoms with Gasteiger partial charge in [-0.3, -0.25) is 0 Å². The van der Waals surface area contributed by atoms with E-state index in [-0.39, 0.29) is 6.10 Å². The van der Waals surface area contributed by atoms with Gasteiger partial charge in [-0.2, -0.15) is 0 Å². The highest BCUT2D eigenvalue weighted by Gasteiger charge is 2.32. The summed E-state index contributed by atoms with van der Waals surface area (Å²) < 4.78 is 18.2. The van der Waals surface area contributed by atoms with Crippen LogP contribution >= 0.6 is 0 Å². The van der Waals surface area contributed by atoms with E-state index in [1.54, 1.807) is 7.11 Å². The lowest BCUT2D eigenvalue weighted by Gasteiger charge is -2.33.